The summed E-state index contributed by atoms with van der Waals surface area (Å²) >= 11 is 0. The molecule has 1 aromatic rings. The van der Waals surface area contributed by atoms with Crippen LogP contribution in [0, 0.1) is 0 Å². The monoisotopic (exact) mass is 247 g/mol. The highest BCUT2D eigenvalue weighted by Gasteiger charge is 2.41. The molecule has 0 N–H and O–H groups in total. The van der Waals surface area contributed by atoms with Crippen LogP contribution in [0.5, 0.6) is 0 Å². The molecule has 3 rings (SSSR count). The van der Waals surface area contributed by atoms with E-state index in [-0.39, 0.29) is 24.1 Å². The van der Waals surface area contributed by atoms with Crippen molar-refractivity contribution in [3.63, 3.8) is 0 Å². The second kappa shape index (κ2) is 4.19. The van der Waals surface area contributed by atoms with Crippen molar-refractivity contribution in [2.75, 3.05) is 13.2 Å². The SMILES string of the molecule is C[C@H]1OC[C@H](N2C(=O)c3ccccc3C2=O)CO1. The quantitative estimate of drug-likeness (QED) is 0.696. The first kappa shape index (κ1) is 11.4. The van der Waals surface area contributed by atoms with E-state index in [9.17, 15) is 9.59 Å². The van der Waals surface area contributed by atoms with Crippen molar-refractivity contribution in [1.29, 1.82) is 0 Å². The van der Waals surface area contributed by atoms with E-state index in [1.807, 2.05) is 0 Å². The summed E-state index contributed by atoms with van der Waals surface area (Å²) in [5, 5.41) is 0. The number of hydrogen-bond donors (Lipinski definition) is 0. The first-order valence-electron chi connectivity index (χ1n) is 5.88. The maximum Gasteiger partial charge on any atom is 0.261 e. The van der Waals surface area contributed by atoms with Crippen LogP contribution in [0.2, 0.25) is 0 Å². The lowest BCUT2D eigenvalue weighted by atomic mass is 10.1. The van der Waals surface area contributed by atoms with Crippen LogP contribution in [0.4, 0.5) is 0 Å². The van der Waals surface area contributed by atoms with Crippen LogP contribution < -0.4 is 0 Å². The van der Waals surface area contributed by atoms with Gasteiger partial charge in [0.15, 0.2) is 6.29 Å². The summed E-state index contributed by atoms with van der Waals surface area (Å²) in [5.41, 5.74) is 0.919. The number of carbonyl (C=O) groups excluding carboxylic acids is 2. The lowest BCUT2D eigenvalue weighted by molar-refractivity contribution is -0.187. The second-order valence-corrected chi connectivity index (χ2v) is 4.41. The van der Waals surface area contributed by atoms with Gasteiger partial charge in [0.2, 0.25) is 0 Å². The number of carbonyl (C=O) groups is 2. The topological polar surface area (TPSA) is 55.8 Å². The molecule has 1 aromatic carbocycles. The molecule has 0 saturated carbocycles. The fourth-order valence-corrected chi connectivity index (χ4v) is 2.28. The maximum atomic E-state index is 12.2. The van der Waals surface area contributed by atoms with Crippen molar-refractivity contribution in [1.82, 2.24) is 4.90 Å². The van der Waals surface area contributed by atoms with E-state index < -0.39 is 0 Å². The normalized spacial score (nSPS) is 27.5. The number of amides is 2. The van der Waals surface area contributed by atoms with Crippen molar-refractivity contribution in [3.05, 3.63) is 35.4 Å². The fraction of sp³-hybridized carbons (Fsp3) is 0.385. The van der Waals surface area contributed by atoms with E-state index in [2.05, 4.69) is 0 Å². The molecule has 0 atom stereocenters. The zero-order chi connectivity index (χ0) is 12.7. The third-order valence-corrected chi connectivity index (χ3v) is 3.24. The molecule has 0 radical (unpaired) electrons. The minimum absolute atomic E-state index is 0.262. The van der Waals surface area contributed by atoms with Crippen LogP contribution in [0.1, 0.15) is 27.6 Å². The molecule has 0 aromatic heterocycles. The average Bonchev–Trinajstić information content (AvgIpc) is 2.64. The van der Waals surface area contributed by atoms with Gasteiger partial charge in [-0.2, -0.15) is 0 Å². The van der Waals surface area contributed by atoms with Gasteiger partial charge in [0.25, 0.3) is 11.8 Å². The van der Waals surface area contributed by atoms with Gasteiger partial charge in [0, 0.05) is 0 Å². The highest BCUT2D eigenvalue weighted by molar-refractivity contribution is 6.21. The first-order valence-corrected chi connectivity index (χ1v) is 5.88. The smallest absolute Gasteiger partial charge is 0.261 e. The van der Waals surface area contributed by atoms with Gasteiger partial charge in [0.1, 0.15) is 0 Å². The Hall–Kier alpha value is -1.72. The average molecular weight is 247 g/mol. The van der Waals surface area contributed by atoms with Crippen molar-refractivity contribution in [2.24, 2.45) is 0 Å². The predicted molar refractivity (Wildman–Crippen MR) is 62.1 cm³/mol. The Balaban J connectivity index is 1.88. The van der Waals surface area contributed by atoms with Crippen LogP contribution in [0.25, 0.3) is 0 Å². The molecule has 2 heterocycles. The number of imide groups is 1. The van der Waals surface area contributed by atoms with E-state index in [1.54, 1.807) is 31.2 Å². The van der Waals surface area contributed by atoms with Gasteiger partial charge in [-0.25, -0.2) is 0 Å². The molecule has 2 amide bonds. The van der Waals surface area contributed by atoms with E-state index in [0.29, 0.717) is 24.3 Å². The number of benzene rings is 1. The largest absolute Gasteiger partial charge is 0.351 e. The molecule has 2 aliphatic heterocycles. The third kappa shape index (κ3) is 1.63. The summed E-state index contributed by atoms with van der Waals surface area (Å²) in [4.78, 5) is 25.6. The Bertz CT molecular complexity index is 470. The lowest BCUT2D eigenvalue weighted by Crippen LogP contribution is -2.49. The molecule has 5 nitrogen and oxygen atoms in total. The molecule has 1 fully saturated rings. The molecule has 1 saturated heterocycles. The van der Waals surface area contributed by atoms with Crippen molar-refractivity contribution >= 4 is 11.8 Å². The molecular formula is C13H13NO4. The zero-order valence-electron chi connectivity index (χ0n) is 9.96. The van der Waals surface area contributed by atoms with Gasteiger partial charge in [-0.1, -0.05) is 12.1 Å². The van der Waals surface area contributed by atoms with Crippen molar-refractivity contribution in [2.45, 2.75) is 19.3 Å². The zero-order valence-corrected chi connectivity index (χ0v) is 9.96. The minimum atomic E-state index is -0.339. The number of fused-ring (bicyclic) bond motifs is 1. The fourth-order valence-electron chi connectivity index (χ4n) is 2.28. The van der Waals surface area contributed by atoms with Gasteiger partial charge < -0.3 is 9.47 Å². The Kier molecular flexibility index (Phi) is 2.65. The maximum absolute atomic E-state index is 12.2. The molecule has 0 unspecified atom stereocenters. The van der Waals surface area contributed by atoms with Gasteiger partial charge in [-0.15, -0.1) is 0 Å². The molecule has 0 aliphatic carbocycles. The summed E-state index contributed by atoms with van der Waals surface area (Å²) in [5.74, 6) is -0.523. The highest BCUT2D eigenvalue weighted by atomic mass is 16.7. The van der Waals surface area contributed by atoms with E-state index in [4.69, 9.17) is 9.47 Å². The second-order valence-electron chi connectivity index (χ2n) is 4.41. The van der Waals surface area contributed by atoms with Gasteiger partial charge in [-0.05, 0) is 19.1 Å². The summed E-state index contributed by atoms with van der Waals surface area (Å²) in [6.45, 7) is 2.44. The third-order valence-electron chi connectivity index (χ3n) is 3.24. The molecule has 94 valence electrons. The van der Waals surface area contributed by atoms with Gasteiger partial charge in [-0.3, -0.25) is 14.5 Å². The summed E-state index contributed by atoms with van der Waals surface area (Å²) in [6.07, 6.45) is -0.281. The summed E-state index contributed by atoms with van der Waals surface area (Å²) < 4.78 is 10.7. The molecular weight excluding hydrogens is 234 g/mol. The predicted octanol–water partition coefficient (Wildman–Crippen LogP) is 1.04. The number of rotatable bonds is 1. The molecule has 5 heteroatoms. The van der Waals surface area contributed by atoms with Gasteiger partial charge >= 0.3 is 0 Å². The molecule has 0 spiro atoms. The Morgan fingerprint density at radius 3 is 2.06 bits per heavy atom. The van der Waals surface area contributed by atoms with Crippen LogP contribution >= 0.6 is 0 Å². The van der Waals surface area contributed by atoms with E-state index in [1.165, 1.54) is 4.90 Å². The molecule has 2 aliphatic rings. The van der Waals surface area contributed by atoms with Crippen LogP contribution in [-0.4, -0.2) is 42.3 Å². The molecule has 0 bridgehead atoms. The number of hydrogen-bond acceptors (Lipinski definition) is 4. The number of nitrogens with zero attached hydrogens (tertiary/aromatic N) is 1. The Labute approximate surface area is 104 Å². The number of ether oxygens (including phenoxy) is 2. The van der Waals surface area contributed by atoms with E-state index >= 15 is 0 Å². The standard InChI is InChI=1S/C13H13NO4/c1-8-17-6-9(7-18-8)14-12(15)10-4-2-3-5-11(10)13(14)16/h2-5,8-9H,6-7H2,1H3/t8-,9-. The van der Waals surface area contributed by atoms with Crippen LogP contribution in [-0.2, 0) is 9.47 Å². The summed E-state index contributed by atoms with van der Waals surface area (Å²) in [6, 6.07) is 6.51. The van der Waals surface area contributed by atoms with E-state index in [0.717, 1.165) is 0 Å². The van der Waals surface area contributed by atoms with Gasteiger partial charge in [0.05, 0.1) is 30.4 Å². The Morgan fingerprint density at radius 1 is 1.06 bits per heavy atom. The van der Waals surface area contributed by atoms with Crippen molar-refractivity contribution in [3.8, 4) is 0 Å². The Morgan fingerprint density at radius 2 is 1.56 bits per heavy atom. The highest BCUT2D eigenvalue weighted by Crippen LogP contribution is 2.26. The van der Waals surface area contributed by atoms with Crippen LogP contribution in [0.3, 0.4) is 0 Å². The lowest BCUT2D eigenvalue weighted by Gasteiger charge is -2.32. The minimum Gasteiger partial charge on any atom is -0.351 e. The van der Waals surface area contributed by atoms with Crippen LogP contribution in [0.15, 0.2) is 24.3 Å². The molecule has 18 heavy (non-hydrogen) atoms. The van der Waals surface area contributed by atoms with Crippen molar-refractivity contribution < 1.29 is 19.1 Å². The first-order chi connectivity index (χ1) is 8.68. The summed E-state index contributed by atoms with van der Waals surface area (Å²) in [7, 11) is 0.